The van der Waals surface area contributed by atoms with E-state index in [1.54, 1.807) is 17.0 Å². The van der Waals surface area contributed by atoms with Crippen LogP contribution in [0.5, 0.6) is 0 Å². The number of unbranched alkanes of at least 4 members (excludes halogenated alkanes) is 2. The Kier molecular flexibility index (Phi) is 15.7. The number of amides is 1. The predicted octanol–water partition coefficient (Wildman–Crippen LogP) is 3.46. The highest BCUT2D eigenvalue weighted by atomic mass is 16.5. The van der Waals surface area contributed by atoms with E-state index in [-0.39, 0.29) is 5.91 Å². The summed E-state index contributed by atoms with van der Waals surface area (Å²) in [5.74, 6) is -4.09. The molecule has 202 valence electrons. The lowest BCUT2D eigenvalue weighted by atomic mass is 9.98. The molecule has 0 aliphatic rings. The normalized spacial score (nSPS) is 12.6. The Morgan fingerprint density at radius 2 is 1.56 bits per heavy atom. The van der Waals surface area contributed by atoms with Gasteiger partial charge in [0.15, 0.2) is 0 Å². The van der Waals surface area contributed by atoms with Gasteiger partial charge >= 0.3 is 17.9 Å². The number of carboxylic acid groups (broad SMARTS) is 3. The molecule has 4 N–H and O–H groups in total. The fourth-order valence-electron chi connectivity index (χ4n) is 3.50. The maximum absolute atomic E-state index is 12.1. The molecular formula is C26H40N2O8. The van der Waals surface area contributed by atoms with E-state index in [1.165, 1.54) is 7.11 Å². The van der Waals surface area contributed by atoms with E-state index in [0.29, 0.717) is 37.5 Å². The number of aliphatic carboxylic acids is 3. The lowest BCUT2D eigenvalue weighted by Crippen LogP contribution is -2.53. The summed E-state index contributed by atoms with van der Waals surface area (Å²) in [5.41, 5.74) is -0.0393. The van der Waals surface area contributed by atoms with E-state index in [4.69, 9.17) is 24.5 Å². The van der Waals surface area contributed by atoms with Gasteiger partial charge in [0.2, 0.25) is 11.6 Å². The second-order valence-electron chi connectivity index (χ2n) is 8.33. The zero-order chi connectivity index (χ0) is 27.7. The van der Waals surface area contributed by atoms with Crippen molar-refractivity contribution in [2.24, 2.45) is 5.92 Å². The summed E-state index contributed by atoms with van der Waals surface area (Å²) >= 11 is 0. The Morgan fingerprint density at radius 3 is 1.97 bits per heavy atom. The standard InChI is InChI=1S/C24H38N2O4.C2H2O4/c1-6-26(7-2)24(30-5,23(28)29)21-16-14-20(15-17-21)18-25-22(27)13-11-9-8-10-12-19(3)4;3-1(4)2(5)6/h10,12,14-17,19H,6-9,11,13,18H2,1-5H3,(H,25,27)(H,28,29);(H,3,4)(H,5,6). The molecule has 0 aliphatic carbocycles. The number of methoxy groups -OCH3 is 1. The average molecular weight is 509 g/mol. The van der Waals surface area contributed by atoms with Gasteiger partial charge in [-0.15, -0.1) is 0 Å². The van der Waals surface area contributed by atoms with Crippen molar-refractivity contribution in [3.05, 3.63) is 47.5 Å². The topological polar surface area (TPSA) is 153 Å². The third kappa shape index (κ3) is 11.0. The van der Waals surface area contributed by atoms with Crippen LogP contribution in [-0.2, 0) is 36.2 Å². The maximum Gasteiger partial charge on any atom is 0.414 e. The molecule has 0 spiro atoms. The Hall–Kier alpha value is -3.24. The molecule has 1 aromatic rings. The van der Waals surface area contributed by atoms with Gasteiger partial charge < -0.3 is 25.4 Å². The van der Waals surface area contributed by atoms with Crippen LogP contribution in [0.25, 0.3) is 0 Å². The summed E-state index contributed by atoms with van der Waals surface area (Å²) < 4.78 is 5.50. The minimum absolute atomic E-state index is 0.0341. The first-order valence-corrected chi connectivity index (χ1v) is 12.0. The third-order valence-corrected chi connectivity index (χ3v) is 5.36. The van der Waals surface area contributed by atoms with Gasteiger partial charge in [0, 0.05) is 25.6 Å². The number of allylic oxidation sites excluding steroid dienone is 2. The molecule has 1 atom stereocenters. The van der Waals surface area contributed by atoms with Crippen molar-refractivity contribution < 1.29 is 39.2 Å². The highest BCUT2D eigenvalue weighted by molar-refractivity contribution is 6.27. The SMILES string of the molecule is CCN(CC)C(OC)(C(=O)O)c1ccc(CNC(=O)CCCCC=CC(C)C)cc1.O=C(O)C(=O)O. The second-order valence-corrected chi connectivity index (χ2v) is 8.33. The molecule has 0 aromatic heterocycles. The molecule has 10 heteroatoms. The number of ether oxygens (including phenoxy) is 1. The lowest BCUT2D eigenvalue weighted by molar-refractivity contribution is -0.194. The number of hydrogen-bond donors (Lipinski definition) is 4. The van der Waals surface area contributed by atoms with Crippen molar-refractivity contribution in [3.8, 4) is 0 Å². The van der Waals surface area contributed by atoms with Crippen molar-refractivity contribution in [3.63, 3.8) is 0 Å². The zero-order valence-corrected chi connectivity index (χ0v) is 21.8. The Labute approximate surface area is 212 Å². The first-order chi connectivity index (χ1) is 17.0. The van der Waals surface area contributed by atoms with Gasteiger partial charge in [0.1, 0.15) is 0 Å². The van der Waals surface area contributed by atoms with Crippen LogP contribution < -0.4 is 5.32 Å². The molecule has 1 unspecified atom stereocenters. The highest BCUT2D eigenvalue weighted by Crippen LogP contribution is 2.30. The molecule has 0 bridgehead atoms. The summed E-state index contributed by atoms with van der Waals surface area (Å²) in [5, 5.41) is 27.6. The van der Waals surface area contributed by atoms with Crippen LogP contribution in [0.2, 0.25) is 0 Å². The van der Waals surface area contributed by atoms with Gasteiger partial charge in [-0.05, 0) is 43.8 Å². The van der Waals surface area contributed by atoms with E-state index in [1.807, 2.05) is 26.0 Å². The molecule has 0 heterocycles. The van der Waals surface area contributed by atoms with Crippen LogP contribution in [0.4, 0.5) is 0 Å². The number of carboxylic acids is 3. The van der Waals surface area contributed by atoms with Crippen LogP contribution in [-0.4, -0.2) is 64.2 Å². The van der Waals surface area contributed by atoms with Crippen molar-refractivity contribution in [1.82, 2.24) is 10.2 Å². The predicted molar refractivity (Wildman–Crippen MR) is 135 cm³/mol. The number of carbonyl (C=O) groups excluding carboxylic acids is 1. The van der Waals surface area contributed by atoms with Crippen molar-refractivity contribution >= 4 is 23.8 Å². The van der Waals surface area contributed by atoms with Gasteiger partial charge in [-0.25, -0.2) is 14.4 Å². The van der Waals surface area contributed by atoms with Crippen molar-refractivity contribution in [2.45, 2.75) is 65.6 Å². The molecule has 0 radical (unpaired) electrons. The van der Waals surface area contributed by atoms with Gasteiger partial charge in [-0.1, -0.05) is 64.1 Å². The van der Waals surface area contributed by atoms with Gasteiger partial charge in [0.05, 0.1) is 0 Å². The number of rotatable bonds is 14. The quantitative estimate of drug-likeness (QED) is 0.128. The van der Waals surface area contributed by atoms with Crippen LogP contribution >= 0.6 is 0 Å². The van der Waals surface area contributed by atoms with Gasteiger partial charge in [0.25, 0.3) is 0 Å². The molecule has 10 nitrogen and oxygen atoms in total. The smallest absolute Gasteiger partial charge is 0.414 e. The van der Waals surface area contributed by atoms with Gasteiger partial charge in [-0.2, -0.15) is 0 Å². The van der Waals surface area contributed by atoms with Crippen LogP contribution in [0.15, 0.2) is 36.4 Å². The molecular weight excluding hydrogens is 468 g/mol. The fourth-order valence-corrected chi connectivity index (χ4v) is 3.50. The minimum Gasteiger partial charge on any atom is -0.478 e. The largest absolute Gasteiger partial charge is 0.478 e. The average Bonchev–Trinajstić information content (AvgIpc) is 2.83. The molecule has 1 rings (SSSR count). The minimum atomic E-state index is -1.82. The third-order valence-electron chi connectivity index (χ3n) is 5.36. The van der Waals surface area contributed by atoms with E-state index in [0.717, 1.165) is 24.8 Å². The van der Waals surface area contributed by atoms with Crippen LogP contribution in [0.1, 0.15) is 64.5 Å². The Morgan fingerprint density at radius 1 is 1.00 bits per heavy atom. The maximum atomic E-state index is 12.1. The van der Waals surface area contributed by atoms with E-state index >= 15 is 0 Å². The first-order valence-electron chi connectivity index (χ1n) is 12.0. The van der Waals surface area contributed by atoms with Crippen molar-refractivity contribution in [2.75, 3.05) is 20.2 Å². The molecule has 1 aromatic carbocycles. The summed E-state index contributed by atoms with van der Waals surface area (Å²) in [6.45, 7) is 9.62. The van der Waals surface area contributed by atoms with E-state index in [9.17, 15) is 14.7 Å². The number of carbonyl (C=O) groups is 4. The monoisotopic (exact) mass is 508 g/mol. The second kappa shape index (κ2) is 17.2. The summed E-state index contributed by atoms with van der Waals surface area (Å²) in [7, 11) is 1.42. The van der Waals surface area contributed by atoms with Crippen LogP contribution in [0.3, 0.4) is 0 Å². The lowest BCUT2D eigenvalue weighted by Gasteiger charge is -2.38. The molecule has 0 saturated heterocycles. The number of benzene rings is 1. The Balaban J connectivity index is 0.00000181. The summed E-state index contributed by atoms with van der Waals surface area (Å²) in [4.78, 5) is 44.1. The number of nitrogens with zero attached hydrogens (tertiary/aromatic N) is 1. The zero-order valence-electron chi connectivity index (χ0n) is 21.8. The summed E-state index contributed by atoms with van der Waals surface area (Å²) in [6.07, 6.45) is 7.76. The molecule has 0 fully saturated rings. The molecule has 0 saturated carbocycles. The molecule has 1 amide bonds. The van der Waals surface area contributed by atoms with Gasteiger partial charge in [-0.3, -0.25) is 9.69 Å². The van der Waals surface area contributed by atoms with E-state index < -0.39 is 23.6 Å². The summed E-state index contributed by atoms with van der Waals surface area (Å²) in [6, 6.07) is 7.20. The van der Waals surface area contributed by atoms with Crippen molar-refractivity contribution in [1.29, 1.82) is 0 Å². The Bertz CT molecular complexity index is 851. The van der Waals surface area contributed by atoms with E-state index in [2.05, 4.69) is 31.3 Å². The number of hydrogen-bond acceptors (Lipinski definition) is 6. The number of likely N-dealkylation sites (N-methyl/N-ethyl adjacent to an activating group) is 1. The molecule has 36 heavy (non-hydrogen) atoms. The van der Waals surface area contributed by atoms with Crippen LogP contribution in [0, 0.1) is 5.92 Å². The number of nitrogens with one attached hydrogen (secondary N) is 1. The first kappa shape index (κ1) is 32.8. The highest BCUT2D eigenvalue weighted by Gasteiger charge is 2.45. The fraction of sp³-hybridized carbons (Fsp3) is 0.538. The molecule has 0 aliphatic heterocycles.